The number of aryl methyl sites for hydroxylation is 1. The summed E-state index contributed by atoms with van der Waals surface area (Å²) in [4.78, 5) is 0. The van der Waals surface area contributed by atoms with Gasteiger partial charge in [-0.15, -0.1) is 0 Å². The quantitative estimate of drug-likeness (QED) is 0.484. The molecule has 0 saturated carbocycles. The van der Waals surface area contributed by atoms with Crippen LogP contribution in [0, 0.1) is 5.92 Å². The first-order valence-electron chi connectivity index (χ1n) is 11.0. The first-order chi connectivity index (χ1) is 15.7. The molecule has 3 aromatic carbocycles. The summed E-state index contributed by atoms with van der Waals surface area (Å²) in [5.41, 5.74) is 4.95. The van der Waals surface area contributed by atoms with E-state index in [1.807, 2.05) is 30.3 Å². The van der Waals surface area contributed by atoms with Gasteiger partial charge in [0.15, 0.2) is 0 Å². The third-order valence-corrected chi connectivity index (χ3v) is 6.70. The second-order valence-corrected chi connectivity index (χ2v) is 8.37. The fourth-order valence-electron chi connectivity index (χ4n) is 4.99. The molecule has 4 nitrogen and oxygen atoms in total. The van der Waals surface area contributed by atoms with Crippen LogP contribution in [0.1, 0.15) is 40.7 Å². The van der Waals surface area contributed by atoms with Crippen LogP contribution in [-0.2, 0) is 6.42 Å². The minimum Gasteiger partial charge on any atom is -0.497 e. The highest BCUT2D eigenvalue weighted by molar-refractivity contribution is 5.55. The Labute approximate surface area is 189 Å². The molecule has 2 aliphatic rings. The lowest BCUT2D eigenvalue weighted by Crippen LogP contribution is -2.33. The Morgan fingerprint density at radius 1 is 0.781 bits per heavy atom. The van der Waals surface area contributed by atoms with E-state index >= 15 is 0 Å². The van der Waals surface area contributed by atoms with Crippen LogP contribution in [0.15, 0.2) is 66.7 Å². The van der Waals surface area contributed by atoms with Crippen LogP contribution in [0.4, 0.5) is 0 Å². The molecule has 0 saturated heterocycles. The van der Waals surface area contributed by atoms with E-state index in [0.717, 1.165) is 41.4 Å². The normalized spacial score (nSPS) is 21.2. The SMILES string of the molecule is COc1ccc(/C=C/[C@H]2c3ccc(OC)cc3O[C@@H]3c4ccc(OC)cc4CC[C@@H]32)cc1. The molecular weight excluding hydrogens is 400 g/mol. The molecule has 1 heterocycles. The molecule has 0 spiro atoms. The zero-order chi connectivity index (χ0) is 22.1. The van der Waals surface area contributed by atoms with E-state index in [-0.39, 0.29) is 12.0 Å². The number of hydrogen-bond donors (Lipinski definition) is 0. The number of allylic oxidation sites excluding steroid dienone is 1. The minimum absolute atomic E-state index is 0.00906. The summed E-state index contributed by atoms with van der Waals surface area (Å²) in [5.74, 6) is 4.10. The summed E-state index contributed by atoms with van der Waals surface area (Å²) in [7, 11) is 5.10. The molecule has 1 aliphatic heterocycles. The first-order valence-corrected chi connectivity index (χ1v) is 11.0. The zero-order valence-electron chi connectivity index (χ0n) is 18.7. The van der Waals surface area contributed by atoms with Gasteiger partial charge in [0, 0.05) is 23.5 Å². The second kappa shape index (κ2) is 8.62. The van der Waals surface area contributed by atoms with E-state index in [0.29, 0.717) is 5.92 Å². The van der Waals surface area contributed by atoms with Crippen molar-refractivity contribution in [1.82, 2.24) is 0 Å². The molecule has 0 bridgehead atoms. The Bertz CT molecular complexity index is 1130. The van der Waals surface area contributed by atoms with Gasteiger partial charge in [-0.05, 0) is 59.9 Å². The van der Waals surface area contributed by atoms with Gasteiger partial charge in [0.25, 0.3) is 0 Å². The molecule has 0 aromatic heterocycles. The summed E-state index contributed by atoms with van der Waals surface area (Å²) in [6.07, 6.45) is 6.64. The highest BCUT2D eigenvalue weighted by atomic mass is 16.5. The van der Waals surface area contributed by atoms with E-state index in [2.05, 4.69) is 42.5 Å². The summed E-state index contributed by atoms with van der Waals surface area (Å²) in [6.45, 7) is 0. The van der Waals surface area contributed by atoms with E-state index in [1.54, 1.807) is 21.3 Å². The van der Waals surface area contributed by atoms with Gasteiger partial charge < -0.3 is 18.9 Å². The average Bonchev–Trinajstić information content (AvgIpc) is 2.86. The molecule has 0 N–H and O–H groups in total. The summed E-state index contributed by atoms with van der Waals surface area (Å²) < 4.78 is 22.8. The van der Waals surface area contributed by atoms with Gasteiger partial charge in [0.2, 0.25) is 0 Å². The average molecular weight is 429 g/mol. The third-order valence-electron chi connectivity index (χ3n) is 6.70. The molecule has 0 amide bonds. The summed E-state index contributed by atoms with van der Waals surface area (Å²) in [5, 5.41) is 0. The molecular formula is C28H28O4. The lowest BCUT2D eigenvalue weighted by atomic mass is 9.70. The standard InChI is InChI=1S/C28H28O4/c1-29-20-8-4-18(5-9-20)6-12-24-25-15-11-22(31-3)17-27(25)32-28-23-14-10-21(30-2)16-19(23)7-13-26(24)28/h4-6,8-12,14-17,24,26,28H,7,13H2,1-3H3/b12-6+/t24-,26+,28+/m0/s1. The van der Waals surface area contributed by atoms with Gasteiger partial charge in [-0.25, -0.2) is 0 Å². The van der Waals surface area contributed by atoms with Crippen LogP contribution in [0.5, 0.6) is 23.0 Å². The lowest BCUT2D eigenvalue weighted by molar-refractivity contribution is 0.0876. The molecule has 164 valence electrons. The maximum Gasteiger partial charge on any atom is 0.128 e. The molecule has 0 fully saturated rings. The van der Waals surface area contributed by atoms with Crippen molar-refractivity contribution in [1.29, 1.82) is 0 Å². The molecule has 1 aliphatic carbocycles. The van der Waals surface area contributed by atoms with Crippen molar-refractivity contribution in [3.8, 4) is 23.0 Å². The van der Waals surface area contributed by atoms with Crippen LogP contribution >= 0.6 is 0 Å². The van der Waals surface area contributed by atoms with E-state index in [4.69, 9.17) is 18.9 Å². The monoisotopic (exact) mass is 428 g/mol. The Morgan fingerprint density at radius 2 is 1.44 bits per heavy atom. The topological polar surface area (TPSA) is 36.9 Å². The van der Waals surface area contributed by atoms with Gasteiger partial charge in [0.1, 0.15) is 29.1 Å². The number of ether oxygens (including phenoxy) is 4. The van der Waals surface area contributed by atoms with E-state index in [1.165, 1.54) is 16.7 Å². The zero-order valence-corrected chi connectivity index (χ0v) is 18.7. The van der Waals surface area contributed by atoms with Crippen molar-refractivity contribution in [2.75, 3.05) is 21.3 Å². The van der Waals surface area contributed by atoms with Crippen LogP contribution in [0.25, 0.3) is 6.08 Å². The highest BCUT2D eigenvalue weighted by Crippen LogP contribution is 2.52. The molecule has 0 unspecified atom stereocenters. The van der Waals surface area contributed by atoms with Crippen LogP contribution in [-0.4, -0.2) is 21.3 Å². The van der Waals surface area contributed by atoms with Gasteiger partial charge in [-0.3, -0.25) is 0 Å². The van der Waals surface area contributed by atoms with Crippen molar-refractivity contribution in [3.63, 3.8) is 0 Å². The number of benzene rings is 3. The maximum absolute atomic E-state index is 6.62. The molecule has 5 rings (SSSR count). The van der Waals surface area contributed by atoms with Crippen molar-refractivity contribution in [2.45, 2.75) is 24.9 Å². The van der Waals surface area contributed by atoms with Gasteiger partial charge >= 0.3 is 0 Å². The van der Waals surface area contributed by atoms with Gasteiger partial charge in [0.05, 0.1) is 21.3 Å². The highest BCUT2D eigenvalue weighted by Gasteiger charge is 2.41. The van der Waals surface area contributed by atoms with Crippen molar-refractivity contribution in [3.05, 3.63) is 89.0 Å². The molecule has 4 heteroatoms. The predicted octanol–water partition coefficient (Wildman–Crippen LogP) is 6.21. The van der Waals surface area contributed by atoms with Crippen molar-refractivity contribution >= 4 is 6.08 Å². The van der Waals surface area contributed by atoms with Gasteiger partial charge in [-0.1, -0.05) is 36.4 Å². The minimum atomic E-state index is 0.00906. The first kappa shape index (κ1) is 20.5. The van der Waals surface area contributed by atoms with Crippen molar-refractivity contribution in [2.24, 2.45) is 5.92 Å². The molecule has 3 aromatic rings. The molecule has 32 heavy (non-hydrogen) atoms. The summed E-state index contributed by atoms with van der Waals surface area (Å²) >= 11 is 0. The van der Waals surface area contributed by atoms with Crippen LogP contribution < -0.4 is 18.9 Å². The fraction of sp³-hybridized carbons (Fsp3) is 0.286. The second-order valence-electron chi connectivity index (χ2n) is 8.37. The Kier molecular flexibility index (Phi) is 5.52. The third kappa shape index (κ3) is 3.70. The Balaban J connectivity index is 1.54. The predicted molar refractivity (Wildman–Crippen MR) is 126 cm³/mol. The Hall–Kier alpha value is -3.40. The van der Waals surface area contributed by atoms with E-state index in [9.17, 15) is 0 Å². The van der Waals surface area contributed by atoms with Gasteiger partial charge in [-0.2, -0.15) is 0 Å². The maximum atomic E-state index is 6.62. The number of rotatable bonds is 5. The smallest absolute Gasteiger partial charge is 0.128 e. The van der Waals surface area contributed by atoms with Crippen LogP contribution in [0.2, 0.25) is 0 Å². The largest absolute Gasteiger partial charge is 0.497 e. The lowest BCUT2D eigenvalue weighted by Gasteiger charge is -2.42. The Morgan fingerprint density at radius 3 is 2.16 bits per heavy atom. The number of hydrogen-bond acceptors (Lipinski definition) is 4. The molecule has 3 atom stereocenters. The van der Waals surface area contributed by atoms with Crippen LogP contribution in [0.3, 0.4) is 0 Å². The fourth-order valence-corrected chi connectivity index (χ4v) is 4.99. The molecule has 0 radical (unpaired) electrons. The summed E-state index contributed by atoms with van der Waals surface area (Å²) in [6, 6.07) is 20.7. The number of methoxy groups -OCH3 is 3. The van der Waals surface area contributed by atoms with Crippen molar-refractivity contribution < 1.29 is 18.9 Å². The van der Waals surface area contributed by atoms with E-state index < -0.39 is 0 Å². The number of fused-ring (bicyclic) bond motifs is 4.